The lowest BCUT2D eigenvalue weighted by molar-refractivity contribution is 0.0793. The summed E-state index contributed by atoms with van der Waals surface area (Å²) in [6.45, 7) is 4.70. The maximum atomic E-state index is 13.4. The van der Waals surface area contributed by atoms with Crippen LogP contribution in [0.1, 0.15) is 69.0 Å². The number of carbonyl (C=O) groups excluding carboxylic acids is 2. The van der Waals surface area contributed by atoms with Crippen molar-refractivity contribution in [2.75, 3.05) is 25.5 Å². The number of amides is 2. The zero-order chi connectivity index (χ0) is 29.4. The fourth-order valence-electron chi connectivity index (χ4n) is 5.00. The molecule has 1 aliphatic rings. The summed E-state index contributed by atoms with van der Waals surface area (Å²) in [5.74, 6) is 0.0720. The lowest BCUT2D eigenvalue weighted by Gasteiger charge is -2.25. The van der Waals surface area contributed by atoms with Crippen LogP contribution in [0.25, 0.3) is 0 Å². The maximum Gasteiger partial charge on any atom is 0.274 e. The molecule has 2 amide bonds. The number of rotatable bonds is 12. The average Bonchev–Trinajstić information content (AvgIpc) is 3.30. The molecule has 1 aliphatic carbocycles. The summed E-state index contributed by atoms with van der Waals surface area (Å²) >= 11 is 1.45. The first kappa shape index (κ1) is 30.4. The van der Waals surface area contributed by atoms with Gasteiger partial charge < -0.3 is 20.3 Å². The number of aliphatic hydroxyl groups excluding tert-OH is 2. The van der Waals surface area contributed by atoms with Crippen LogP contribution in [0, 0.1) is 0 Å². The second kappa shape index (κ2) is 14.4. The first-order chi connectivity index (χ1) is 19.7. The Bertz CT molecular complexity index is 1360. The van der Waals surface area contributed by atoms with Crippen LogP contribution >= 0.6 is 11.3 Å². The fraction of sp³-hybridized carbons (Fsp3) is 0.387. The van der Waals surface area contributed by atoms with Crippen LogP contribution in [0.15, 0.2) is 53.6 Å². The highest BCUT2D eigenvalue weighted by Crippen LogP contribution is 2.38. The molecule has 2 unspecified atom stereocenters. The molecule has 0 fully saturated rings. The number of methoxy groups -OCH3 is 1. The van der Waals surface area contributed by atoms with Gasteiger partial charge in [-0.3, -0.25) is 14.5 Å². The SMILES string of the molecule is COc1ccc(C=NNC(=O)c2c(NC(=O)c3cccc(CN(CC(C)O)CC(C)O)c3)sc3c2CCCC3)cc1. The molecule has 218 valence electrons. The first-order valence-corrected chi connectivity index (χ1v) is 14.7. The number of hydrogen-bond acceptors (Lipinski definition) is 8. The van der Waals surface area contributed by atoms with E-state index in [0.717, 1.165) is 53.0 Å². The minimum absolute atomic E-state index is 0.307. The summed E-state index contributed by atoms with van der Waals surface area (Å²) in [6.07, 6.45) is 4.18. The number of nitrogens with one attached hydrogen (secondary N) is 2. The average molecular weight is 579 g/mol. The number of fused-ring (bicyclic) bond motifs is 1. The molecule has 1 aromatic heterocycles. The number of hydrogen-bond donors (Lipinski definition) is 4. The van der Waals surface area contributed by atoms with Crippen LogP contribution in [0.4, 0.5) is 5.00 Å². The zero-order valence-corrected chi connectivity index (χ0v) is 24.5. The van der Waals surface area contributed by atoms with Gasteiger partial charge in [-0.05, 0) is 92.6 Å². The van der Waals surface area contributed by atoms with Crippen LogP contribution in [-0.4, -0.2) is 65.5 Å². The van der Waals surface area contributed by atoms with Gasteiger partial charge in [-0.15, -0.1) is 11.3 Å². The summed E-state index contributed by atoms with van der Waals surface area (Å²) < 4.78 is 5.17. The van der Waals surface area contributed by atoms with Crippen LogP contribution in [-0.2, 0) is 19.4 Å². The molecule has 9 nitrogen and oxygen atoms in total. The molecule has 2 atom stereocenters. The number of carbonyl (C=O) groups is 2. The van der Waals surface area contributed by atoms with E-state index >= 15 is 0 Å². The van der Waals surface area contributed by atoms with Crippen LogP contribution in [0.5, 0.6) is 5.75 Å². The predicted octanol–water partition coefficient (Wildman–Crippen LogP) is 4.22. The topological polar surface area (TPSA) is 123 Å². The van der Waals surface area contributed by atoms with Crippen molar-refractivity contribution in [1.29, 1.82) is 0 Å². The van der Waals surface area contributed by atoms with Gasteiger partial charge in [0.2, 0.25) is 0 Å². The second-order valence-corrected chi connectivity index (χ2v) is 11.5. The highest BCUT2D eigenvalue weighted by atomic mass is 32.1. The molecule has 0 spiro atoms. The Kier molecular flexibility index (Phi) is 10.6. The molecule has 3 aromatic rings. The fourth-order valence-corrected chi connectivity index (χ4v) is 6.28. The number of nitrogens with zero attached hydrogens (tertiary/aromatic N) is 2. The largest absolute Gasteiger partial charge is 0.497 e. The number of aliphatic hydroxyl groups is 2. The number of benzene rings is 2. The minimum Gasteiger partial charge on any atom is -0.497 e. The number of ether oxygens (including phenoxy) is 1. The summed E-state index contributed by atoms with van der Waals surface area (Å²) in [7, 11) is 1.60. The quantitative estimate of drug-likeness (QED) is 0.189. The van der Waals surface area contributed by atoms with Gasteiger partial charge in [-0.1, -0.05) is 12.1 Å². The van der Waals surface area contributed by atoms with Crippen molar-refractivity contribution in [1.82, 2.24) is 10.3 Å². The van der Waals surface area contributed by atoms with Gasteiger partial charge in [0.15, 0.2) is 0 Å². The second-order valence-electron chi connectivity index (χ2n) is 10.4. The number of thiophene rings is 1. The number of anilines is 1. The smallest absolute Gasteiger partial charge is 0.274 e. The van der Waals surface area contributed by atoms with Crippen molar-refractivity contribution in [2.24, 2.45) is 5.10 Å². The van der Waals surface area contributed by atoms with E-state index in [1.165, 1.54) is 11.3 Å². The van der Waals surface area contributed by atoms with Gasteiger partial charge >= 0.3 is 0 Å². The molecular weight excluding hydrogens is 540 g/mol. The van der Waals surface area contributed by atoms with Crippen LogP contribution < -0.4 is 15.5 Å². The monoisotopic (exact) mass is 578 g/mol. The van der Waals surface area contributed by atoms with Crippen LogP contribution in [0.3, 0.4) is 0 Å². The van der Waals surface area contributed by atoms with Gasteiger partial charge in [-0.2, -0.15) is 5.10 Å². The van der Waals surface area contributed by atoms with Crippen molar-refractivity contribution in [3.8, 4) is 5.75 Å². The van der Waals surface area contributed by atoms with Crippen molar-refractivity contribution in [3.05, 3.63) is 81.2 Å². The summed E-state index contributed by atoms with van der Waals surface area (Å²) in [5.41, 5.74) is 6.25. The molecule has 2 aromatic carbocycles. The Morgan fingerprint density at radius 2 is 1.76 bits per heavy atom. The summed E-state index contributed by atoms with van der Waals surface area (Å²) in [5, 5.41) is 27.4. The van der Waals surface area contributed by atoms with E-state index in [9.17, 15) is 19.8 Å². The van der Waals surface area contributed by atoms with Gasteiger partial charge in [0.25, 0.3) is 11.8 Å². The van der Waals surface area contributed by atoms with E-state index in [4.69, 9.17) is 4.74 Å². The predicted molar refractivity (Wildman–Crippen MR) is 162 cm³/mol. The zero-order valence-electron chi connectivity index (χ0n) is 23.7. The van der Waals surface area contributed by atoms with Gasteiger partial charge in [0, 0.05) is 30.1 Å². The van der Waals surface area contributed by atoms with E-state index in [1.54, 1.807) is 39.3 Å². The van der Waals surface area contributed by atoms with Crippen molar-refractivity contribution in [3.63, 3.8) is 0 Å². The third-order valence-electron chi connectivity index (χ3n) is 6.76. The van der Waals surface area contributed by atoms with Gasteiger partial charge in [-0.25, -0.2) is 5.43 Å². The third-order valence-corrected chi connectivity index (χ3v) is 7.97. The summed E-state index contributed by atoms with van der Waals surface area (Å²) in [6, 6.07) is 14.6. The molecule has 0 aliphatic heterocycles. The molecule has 0 saturated heterocycles. The van der Waals surface area contributed by atoms with Crippen LogP contribution in [0.2, 0.25) is 0 Å². The Balaban J connectivity index is 1.50. The lowest BCUT2D eigenvalue weighted by Crippen LogP contribution is -2.35. The van der Waals surface area contributed by atoms with E-state index in [1.807, 2.05) is 41.3 Å². The highest BCUT2D eigenvalue weighted by Gasteiger charge is 2.26. The molecule has 0 radical (unpaired) electrons. The Hall–Kier alpha value is -3.57. The minimum atomic E-state index is -0.546. The molecule has 1 heterocycles. The van der Waals surface area contributed by atoms with E-state index in [0.29, 0.717) is 35.8 Å². The molecule has 4 N–H and O–H groups in total. The molecule has 41 heavy (non-hydrogen) atoms. The lowest BCUT2D eigenvalue weighted by atomic mass is 9.95. The number of hydrazone groups is 1. The van der Waals surface area contributed by atoms with Gasteiger partial charge in [0.05, 0.1) is 31.1 Å². The number of aryl methyl sites for hydroxylation is 1. The third kappa shape index (κ3) is 8.46. The maximum absolute atomic E-state index is 13.4. The van der Waals surface area contributed by atoms with E-state index in [-0.39, 0.29) is 11.8 Å². The molecule has 0 bridgehead atoms. The summed E-state index contributed by atoms with van der Waals surface area (Å²) in [4.78, 5) is 29.8. The molecular formula is C31H38N4O5S. The Labute approximate surface area is 244 Å². The highest BCUT2D eigenvalue weighted by molar-refractivity contribution is 7.17. The standard InChI is InChI=1S/C31H38N4O5S/c1-20(36)17-35(18-21(2)37)19-23-7-6-8-24(15-23)29(38)33-31-28(26-9-4-5-10-27(26)41-31)30(39)34-32-16-22-11-13-25(40-3)14-12-22/h6-8,11-16,20-21,36-37H,4-5,9-10,17-19H2,1-3H3,(H,33,38)(H,34,39). The molecule has 4 rings (SSSR count). The van der Waals surface area contributed by atoms with Crippen molar-refractivity contribution in [2.45, 2.75) is 58.3 Å². The van der Waals surface area contributed by atoms with E-state index < -0.39 is 12.2 Å². The van der Waals surface area contributed by atoms with Crippen molar-refractivity contribution < 1.29 is 24.5 Å². The first-order valence-electron chi connectivity index (χ1n) is 13.8. The normalized spacial score (nSPS) is 14.5. The van der Waals surface area contributed by atoms with Crippen molar-refractivity contribution >= 4 is 34.4 Å². The molecule has 0 saturated carbocycles. The Morgan fingerprint density at radius 1 is 1.05 bits per heavy atom. The van der Waals surface area contributed by atoms with Gasteiger partial charge in [0.1, 0.15) is 10.8 Å². The molecule has 10 heteroatoms. The Morgan fingerprint density at radius 3 is 2.44 bits per heavy atom. The van der Waals surface area contributed by atoms with E-state index in [2.05, 4.69) is 15.8 Å².